The van der Waals surface area contributed by atoms with E-state index in [1.165, 1.54) is 0 Å². The lowest BCUT2D eigenvalue weighted by atomic mass is 10.0. The van der Waals surface area contributed by atoms with E-state index >= 15 is 0 Å². The maximum absolute atomic E-state index is 12.5. The van der Waals surface area contributed by atoms with Crippen molar-refractivity contribution in [3.8, 4) is 0 Å². The highest BCUT2D eigenvalue weighted by Crippen LogP contribution is 2.20. The molecule has 19 heavy (non-hydrogen) atoms. The highest BCUT2D eigenvalue weighted by Gasteiger charge is 2.34. The lowest BCUT2D eigenvalue weighted by molar-refractivity contribution is 0.105. The number of sulfonamides is 1. The van der Waals surface area contributed by atoms with Crippen LogP contribution in [-0.2, 0) is 10.0 Å². The Kier molecular flexibility index (Phi) is 4.87. The molecule has 5 nitrogen and oxygen atoms in total. The SMILES string of the molecule is CC1CN(S(=O)(=O)CC2CCCNC2)CC(C)N1C. The van der Waals surface area contributed by atoms with Crippen molar-refractivity contribution in [1.29, 1.82) is 0 Å². The van der Waals surface area contributed by atoms with Crippen molar-refractivity contribution < 1.29 is 8.42 Å². The highest BCUT2D eigenvalue weighted by atomic mass is 32.2. The average molecular weight is 289 g/mol. The third-order valence-electron chi connectivity index (χ3n) is 4.56. The zero-order chi connectivity index (χ0) is 14.0. The summed E-state index contributed by atoms with van der Waals surface area (Å²) in [6.07, 6.45) is 2.13. The van der Waals surface area contributed by atoms with Crippen LogP contribution < -0.4 is 5.32 Å². The highest BCUT2D eigenvalue weighted by molar-refractivity contribution is 7.89. The molecule has 0 bridgehead atoms. The molecule has 3 unspecified atom stereocenters. The topological polar surface area (TPSA) is 52.7 Å². The summed E-state index contributed by atoms with van der Waals surface area (Å²) < 4.78 is 26.8. The monoisotopic (exact) mass is 289 g/mol. The molecule has 0 amide bonds. The number of nitrogens with zero attached hydrogens (tertiary/aromatic N) is 2. The van der Waals surface area contributed by atoms with E-state index in [0.717, 1.165) is 25.9 Å². The Bertz CT molecular complexity index is 381. The summed E-state index contributed by atoms with van der Waals surface area (Å²) in [4.78, 5) is 2.26. The molecule has 2 saturated heterocycles. The van der Waals surface area contributed by atoms with Gasteiger partial charge in [-0.25, -0.2) is 8.42 Å². The summed E-state index contributed by atoms with van der Waals surface area (Å²) in [5, 5.41) is 3.29. The van der Waals surface area contributed by atoms with Crippen LogP contribution in [0.15, 0.2) is 0 Å². The van der Waals surface area contributed by atoms with Crippen LogP contribution in [0.5, 0.6) is 0 Å². The predicted octanol–water partition coefficient (Wildman–Crippen LogP) is 0.340. The first-order chi connectivity index (χ1) is 8.90. The Morgan fingerprint density at radius 3 is 2.37 bits per heavy atom. The van der Waals surface area contributed by atoms with Crippen molar-refractivity contribution in [2.24, 2.45) is 5.92 Å². The molecule has 0 aromatic rings. The van der Waals surface area contributed by atoms with Crippen LogP contribution in [0.1, 0.15) is 26.7 Å². The van der Waals surface area contributed by atoms with Crippen LogP contribution >= 0.6 is 0 Å². The molecular weight excluding hydrogens is 262 g/mol. The summed E-state index contributed by atoms with van der Waals surface area (Å²) in [6, 6.07) is 0.589. The number of hydrogen-bond donors (Lipinski definition) is 1. The number of hydrogen-bond acceptors (Lipinski definition) is 4. The van der Waals surface area contributed by atoms with E-state index in [9.17, 15) is 8.42 Å². The van der Waals surface area contributed by atoms with Crippen molar-refractivity contribution in [1.82, 2.24) is 14.5 Å². The van der Waals surface area contributed by atoms with Crippen molar-refractivity contribution in [3.05, 3.63) is 0 Å². The van der Waals surface area contributed by atoms with E-state index in [0.29, 0.717) is 30.9 Å². The van der Waals surface area contributed by atoms with Crippen LogP contribution in [0.2, 0.25) is 0 Å². The van der Waals surface area contributed by atoms with E-state index in [2.05, 4.69) is 31.1 Å². The van der Waals surface area contributed by atoms with Crippen LogP contribution in [0.3, 0.4) is 0 Å². The lowest BCUT2D eigenvalue weighted by Crippen LogP contribution is -2.57. The molecule has 0 radical (unpaired) electrons. The molecule has 1 N–H and O–H groups in total. The lowest BCUT2D eigenvalue weighted by Gasteiger charge is -2.42. The largest absolute Gasteiger partial charge is 0.316 e. The Balaban J connectivity index is 1.99. The number of likely N-dealkylation sites (N-methyl/N-ethyl adjacent to an activating group) is 1. The summed E-state index contributed by atoms with van der Waals surface area (Å²) in [6.45, 7) is 7.32. The fourth-order valence-electron chi connectivity index (χ4n) is 3.05. The van der Waals surface area contributed by atoms with Gasteiger partial charge < -0.3 is 5.32 Å². The van der Waals surface area contributed by atoms with Crippen LogP contribution in [0.25, 0.3) is 0 Å². The molecule has 0 spiro atoms. The molecule has 2 aliphatic heterocycles. The Hall–Kier alpha value is -0.170. The molecule has 6 heteroatoms. The van der Waals surface area contributed by atoms with Crippen LogP contribution in [0.4, 0.5) is 0 Å². The van der Waals surface area contributed by atoms with Gasteiger partial charge in [0.05, 0.1) is 5.75 Å². The van der Waals surface area contributed by atoms with Crippen molar-refractivity contribution in [3.63, 3.8) is 0 Å². The van der Waals surface area contributed by atoms with Crippen LogP contribution in [0, 0.1) is 5.92 Å². The average Bonchev–Trinajstić information content (AvgIpc) is 2.36. The Morgan fingerprint density at radius 2 is 1.84 bits per heavy atom. The summed E-state index contributed by atoms with van der Waals surface area (Å²) >= 11 is 0. The smallest absolute Gasteiger partial charge is 0.214 e. The summed E-state index contributed by atoms with van der Waals surface area (Å²) in [5.41, 5.74) is 0. The summed E-state index contributed by atoms with van der Waals surface area (Å²) in [5.74, 6) is 0.590. The standard InChI is InChI=1S/C13H27N3O2S/c1-11-8-16(9-12(2)15(11)3)19(17,18)10-13-5-4-6-14-7-13/h11-14H,4-10H2,1-3H3. The number of piperidine rings is 1. The quantitative estimate of drug-likeness (QED) is 0.814. The van der Waals surface area contributed by atoms with Crippen molar-refractivity contribution in [2.75, 3.05) is 39.0 Å². The second-order valence-corrected chi connectivity index (χ2v) is 8.18. The second-order valence-electron chi connectivity index (χ2n) is 6.17. The molecule has 0 aliphatic carbocycles. The second kappa shape index (κ2) is 6.08. The van der Waals surface area contributed by atoms with E-state index in [1.807, 2.05) is 0 Å². The van der Waals surface area contributed by atoms with E-state index < -0.39 is 10.0 Å². The van der Waals surface area contributed by atoms with E-state index in [-0.39, 0.29) is 5.92 Å². The molecule has 2 fully saturated rings. The van der Waals surface area contributed by atoms with Gasteiger partial charge in [0.25, 0.3) is 0 Å². The Labute approximate surface area is 117 Å². The van der Waals surface area contributed by atoms with Gasteiger partial charge in [-0.15, -0.1) is 0 Å². The molecular formula is C13H27N3O2S. The zero-order valence-electron chi connectivity index (χ0n) is 12.3. The van der Waals surface area contributed by atoms with Gasteiger partial charge in [0.1, 0.15) is 0 Å². The van der Waals surface area contributed by atoms with Gasteiger partial charge in [0, 0.05) is 25.2 Å². The van der Waals surface area contributed by atoms with E-state index in [4.69, 9.17) is 0 Å². The first kappa shape index (κ1) is 15.2. The maximum Gasteiger partial charge on any atom is 0.214 e. The molecule has 2 rings (SSSR count). The predicted molar refractivity (Wildman–Crippen MR) is 77.6 cm³/mol. The number of nitrogens with one attached hydrogen (secondary N) is 1. The first-order valence-corrected chi connectivity index (χ1v) is 8.91. The summed E-state index contributed by atoms with van der Waals surface area (Å²) in [7, 11) is -1.03. The molecule has 3 atom stereocenters. The molecule has 112 valence electrons. The third-order valence-corrected chi connectivity index (χ3v) is 6.54. The van der Waals surface area contributed by atoms with Crippen molar-refractivity contribution >= 4 is 10.0 Å². The molecule has 0 saturated carbocycles. The third kappa shape index (κ3) is 3.68. The zero-order valence-corrected chi connectivity index (χ0v) is 13.1. The van der Waals surface area contributed by atoms with Gasteiger partial charge in [-0.2, -0.15) is 4.31 Å². The minimum Gasteiger partial charge on any atom is -0.316 e. The van der Waals surface area contributed by atoms with Gasteiger partial charge in [-0.1, -0.05) is 0 Å². The normalized spacial score (nSPS) is 35.4. The molecule has 0 aromatic heterocycles. The van der Waals surface area contributed by atoms with Gasteiger partial charge >= 0.3 is 0 Å². The van der Waals surface area contributed by atoms with Crippen molar-refractivity contribution in [2.45, 2.75) is 38.8 Å². The molecule has 2 heterocycles. The number of piperazine rings is 1. The minimum atomic E-state index is -3.11. The first-order valence-electron chi connectivity index (χ1n) is 7.30. The fourth-order valence-corrected chi connectivity index (χ4v) is 5.03. The Morgan fingerprint density at radius 1 is 1.21 bits per heavy atom. The minimum absolute atomic E-state index is 0.281. The van der Waals surface area contributed by atoms with Gasteiger partial charge in [0.15, 0.2) is 0 Å². The number of rotatable bonds is 3. The maximum atomic E-state index is 12.5. The van der Waals surface area contributed by atoms with Crippen LogP contribution in [-0.4, -0.2) is 68.7 Å². The molecule has 0 aromatic carbocycles. The van der Waals surface area contributed by atoms with E-state index in [1.54, 1.807) is 4.31 Å². The van der Waals surface area contributed by atoms with Gasteiger partial charge in [-0.05, 0) is 52.7 Å². The van der Waals surface area contributed by atoms with Gasteiger partial charge in [-0.3, -0.25) is 4.90 Å². The van der Waals surface area contributed by atoms with Gasteiger partial charge in [0.2, 0.25) is 10.0 Å². The molecule has 2 aliphatic rings. The fraction of sp³-hybridized carbons (Fsp3) is 1.00.